The van der Waals surface area contributed by atoms with Crippen LogP contribution >= 0.6 is 15.9 Å². The van der Waals surface area contributed by atoms with E-state index in [1.54, 1.807) is 29.2 Å². The van der Waals surface area contributed by atoms with Crippen LogP contribution in [0.15, 0.2) is 53.0 Å². The van der Waals surface area contributed by atoms with E-state index in [0.717, 1.165) is 17.2 Å². The largest absolute Gasteiger partial charge is 0.507 e. The zero-order chi connectivity index (χ0) is 20.7. The fourth-order valence-electron chi connectivity index (χ4n) is 3.64. The molecule has 0 saturated heterocycles. The predicted molar refractivity (Wildman–Crippen MR) is 108 cm³/mol. The van der Waals surface area contributed by atoms with Crippen LogP contribution in [-0.2, 0) is 13.0 Å². The number of rotatable bonds is 2. The fraction of sp³-hybridized carbons (Fsp3) is 0.136. The monoisotopic (exact) mass is 459 g/mol. The Kier molecular flexibility index (Phi) is 5.00. The standard InChI is InChI=1S/C22H16BrF2NO3/c23-13-4-5-17(19(28)10-13)22(29)26-9-8-14-12(11-26)2-1-3-15(14)16-6-7-18(27)21(25)20(16)24/h1-7,10,27-28H,8-9,11H2. The molecule has 0 bridgehead atoms. The van der Waals surface area contributed by atoms with E-state index in [1.807, 2.05) is 6.07 Å². The number of fused-ring (bicyclic) bond motifs is 1. The van der Waals surface area contributed by atoms with Crippen LogP contribution in [0.25, 0.3) is 11.1 Å². The molecule has 7 heteroatoms. The van der Waals surface area contributed by atoms with Crippen molar-refractivity contribution in [3.05, 3.63) is 81.3 Å². The lowest BCUT2D eigenvalue weighted by Crippen LogP contribution is -2.36. The number of carbonyl (C=O) groups is 1. The van der Waals surface area contributed by atoms with E-state index < -0.39 is 17.4 Å². The summed E-state index contributed by atoms with van der Waals surface area (Å²) in [4.78, 5) is 14.5. The van der Waals surface area contributed by atoms with Crippen molar-refractivity contribution in [2.24, 2.45) is 0 Å². The van der Waals surface area contributed by atoms with Crippen molar-refractivity contribution in [2.45, 2.75) is 13.0 Å². The third-order valence-corrected chi connectivity index (χ3v) is 5.59. The van der Waals surface area contributed by atoms with Crippen LogP contribution in [0.2, 0.25) is 0 Å². The Morgan fingerprint density at radius 1 is 0.966 bits per heavy atom. The van der Waals surface area contributed by atoms with Gasteiger partial charge in [0.15, 0.2) is 11.6 Å². The Labute approximate surface area is 174 Å². The van der Waals surface area contributed by atoms with Gasteiger partial charge in [-0.15, -0.1) is 0 Å². The molecule has 0 radical (unpaired) electrons. The lowest BCUT2D eigenvalue weighted by Gasteiger charge is -2.30. The van der Waals surface area contributed by atoms with Gasteiger partial charge in [0, 0.05) is 23.1 Å². The molecule has 0 atom stereocenters. The average Bonchev–Trinajstić information content (AvgIpc) is 2.71. The molecule has 0 aromatic heterocycles. The molecule has 4 rings (SSSR count). The van der Waals surface area contributed by atoms with Gasteiger partial charge in [-0.1, -0.05) is 34.1 Å². The first-order chi connectivity index (χ1) is 13.9. The third kappa shape index (κ3) is 3.46. The summed E-state index contributed by atoms with van der Waals surface area (Å²) in [5, 5.41) is 19.5. The van der Waals surface area contributed by atoms with Gasteiger partial charge >= 0.3 is 0 Å². The van der Waals surface area contributed by atoms with E-state index in [9.17, 15) is 23.8 Å². The Morgan fingerprint density at radius 2 is 1.76 bits per heavy atom. The van der Waals surface area contributed by atoms with E-state index in [2.05, 4.69) is 15.9 Å². The van der Waals surface area contributed by atoms with E-state index in [0.29, 0.717) is 29.5 Å². The number of amides is 1. The molecule has 0 saturated carbocycles. The Hall–Kier alpha value is -2.93. The van der Waals surface area contributed by atoms with Crippen LogP contribution in [0.1, 0.15) is 21.5 Å². The number of aromatic hydroxyl groups is 2. The van der Waals surface area contributed by atoms with Crippen LogP contribution in [-0.4, -0.2) is 27.6 Å². The zero-order valence-corrected chi connectivity index (χ0v) is 16.7. The van der Waals surface area contributed by atoms with Crippen LogP contribution in [0.3, 0.4) is 0 Å². The van der Waals surface area contributed by atoms with Crippen molar-refractivity contribution < 1.29 is 23.8 Å². The Balaban J connectivity index is 1.68. The first-order valence-electron chi connectivity index (χ1n) is 8.92. The first-order valence-corrected chi connectivity index (χ1v) is 9.72. The molecule has 1 heterocycles. The molecular formula is C22H16BrF2NO3. The highest BCUT2D eigenvalue weighted by atomic mass is 79.9. The van der Waals surface area contributed by atoms with E-state index in [4.69, 9.17) is 0 Å². The number of halogens is 3. The molecular weight excluding hydrogens is 444 g/mol. The second-order valence-corrected chi connectivity index (χ2v) is 7.76. The molecule has 148 valence electrons. The van der Waals surface area contributed by atoms with E-state index in [-0.39, 0.29) is 22.8 Å². The number of hydrogen-bond donors (Lipinski definition) is 2. The zero-order valence-electron chi connectivity index (χ0n) is 15.1. The summed E-state index contributed by atoms with van der Waals surface area (Å²) < 4.78 is 28.9. The number of carbonyl (C=O) groups excluding carboxylic acids is 1. The SMILES string of the molecule is O=C(c1ccc(Br)cc1O)N1CCc2c(cccc2-c2ccc(O)c(F)c2F)C1. The van der Waals surface area contributed by atoms with Crippen LogP contribution in [0.4, 0.5) is 8.78 Å². The normalized spacial score (nSPS) is 13.3. The molecule has 3 aromatic rings. The first kappa shape index (κ1) is 19.4. The highest BCUT2D eigenvalue weighted by Gasteiger charge is 2.26. The highest BCUT2D eigenvalue weighted by Crippen LogP contribution is 2.35. The Bertz CT molecular complexity index is 1130. The lowest BCUT2D eigenvalue weighted by molar-refractivity contribution is 0.0731. The van der Waals surface area contributed by atoms with Crippen LogP contribution < -0.4 is 0 Å². The summed E-state index contributed by atoms with van der Waals surface area (Å²) in [6, 6.07) is 12.4. The minimum Gasteiger partial charge on any atom is -0.507 e. The summed E-state index contributed by atoms with van der Waals surface area (Å²) in [7, 11) is 0. The Morgan fingerprint density at radius 3 is 2.52 bits per heavy atom. The lowest BCUT2D eigenvalue weighted by atomic mass is 9.90. The van der Waals surface area contributed by atoms with Gasteiger partial charge in [0.25, 0.3) is 5.91 Å². The number of benzene rings is 3. The maximum atomic E-state index is 14.4. The maximum absolute atomic E-state index is 14.4. The summed E-state index contributed by atoms with van der Waals surface area (Å²) >= 11 is 3.25. The number of hydrogen-bond acceptors (Lipinski definition) is 3. The van der Waals surface area contributed by atoms with Gasteiger partial charge in [-0.3, -0.25) is 4.79 Å². The molecule has 3 aromatic carbocycles. The van der Waals surface area contributed by atoms with Crippen molar-refractivity contribution in [1.82, 2.24) is 4.90 Å². The average molecular weight is 460 g/mol. The fourth-order valence-corrected chi connectivity index (χ4v) is 3.99. The van der Waals surface area contributed by atoms with Crippen LogP contribution in [0, 0.1) is 11.6 Å². The number of phenols is 2. The van der Waals surface area contributed by atoms with Gasteiger partial charge in [-0.05, 0) is 53.4 Å². The van der Waals surface area contributed by atoms with Crippen molar-refractivity contribution in [1.29, 1.82) is 0 Å². The highest BCUT2D eigenvalue weighted by molar-refractivity contribution is 9.10. The maximum Gasteiger partial charge on any atom is 0.257 e. The molecule has 0 aliphatic carbocycles. The smallest absolute Gasteiger partial charge is 0.257 e. The quantitative estimate of drug-likeness (QED) is 0.566. The van der Waals surface area contributed by atoms with E-state index in [1.165, 1.54) is 12.1 Å². The van der Waals surface area contributed by atoms with Crippen molar-refractivity contribution >= 4 is 21.8 Å². The molecule has 29 heavy (non-hydrogen) atoms. The molecule has 1 aliphatic rings. The molecule has 2 N–H and O–H groups in total. The topological polar surface area (TPSA) is 60.8 Å². The van der Waals surface area contributed by atoms with Gasteiger partial charge < -0.3 is 15.1 Å². The second kappa shape index (κ2) is 7.48. The van der Waals surface area contributed by atoms with Crippen molar-refractivity contribution in [3.63, 3.8) is 0 Å². The van der Waals surface area contributed by atoms with Gasteiger partial charge in [0.05, 0.1) is 5.56 Å². The summed E-state index contributed by atoms with van der Waals surface area (Å²) in [5.41, 5.74) is 2.48. The third-order valence-electron chi connectivity index (χ3n) is 5.10. The minimum atomic E-state index is -1.28. The minimum absolute atomic E-state index is 0.0717. The van der Waals surface area contributed by atoms with E-state index >= 15 is 0 Å². The van der Waals surface area contributed by atoms with Gasteiger partial charge in [0.1, 0.15) is 5.75 Å². The summed E-state index contributed by atoms with van der Waals surface area (Å²) in [6.07, 6.45) is 0.455. The number of nitrogens with zero attached hydrogens (tertiary/aromatic N) is 1. The molecule has 0 fully saturated rings. The second-order valence-electron chi connectivity index (χ2n) is 6.84. The molecule has 1 amide bonds. The predicted octanol–water partition coefficient (Wildman–Crippen LogP) is 5.00. The van der Waals surface area contributed by atoms with Crippen molar-refractivity contribution in [2.75, 3.05) is 6.54 Å². The van der Waals surface area contributed by atoms with Crippen molar-refractivity contribution in [3.8, 4) is 22.6 Å². The van der Waals surface area contributed by atoms with Gasteiger partial charge in [0.2, 0.25) is 5.82 Å². The molecule has 1 aliphatic heterocycles. The van der Waals surface area contributed by atoms with Gasteiger partial charge in [-0.25, -0.2) is 4.39 Å². The summed E-state index contributed by atoms with van der Waals surface area (Å²) in [6.45, 7) is 0.667. The molecule has 0 unspecified atom stereocenters. The van der Waals surface area contributed by atoms with Crippen LogP contribution in [0.5, 0.6) is 11.5 Å². The van der Waals surface area contributed by atoms with Gasteiger partial charge in [-0.2, -0.15) is 4.39 Å². The summed E-state index contributed by atoms with van der Waals surface area (Å²) in [5.74, 6) is -3.52. The molecule has 0 spiro atoms. The number of phenolic OH excluding ortho intramolecular Hbond substituents is 2. The molecule has 4 nitrogen and oxygen atoms in total.